The van der Waals surface area contributed by atoms with Crippen LogP contribution in [0, 0.1) is 0 Å². The van der Waals surface area contributed by atoms with Crippen LogP contribution < -0.4 is 14.8 Å². The maximum Gasteiger partial charge on any atom is 0.340 e. The molecule has 0 bridgehead atoms. The number of rotatable bonds is 6. The highest BCUT2D eigenvalue weighted by Crippen LogP contribution is 2.32. The SMILES string of the molecule is CC(OC(=O)c1cc(S(=O)(=O)N2CCCC2)ccc1Cl)C(=O)Nc1ccc2c(c1)OCCO2. The summed E-state index contributed by atoms with van der Waals surface area (Å²) in [7, 11) is -3.74. The number of ether oxygens (including phenoxy) is 3. The van der Waals surface area contributed by atoms with Crippen molar-refractivity contribution < 1.29 is 32.2 Å². The number of amides is 1. The zero-order chi connectivity index (χ0) is 23.6. The van der Waals surface area contributed by atoms with Crippen LogP contribution in [-0.2, 0) is 19.6 Å². The molecule has 1 fully saturated rings. The molecule has 0 spiro atoms. The molecule has 33 heavy (non-hydrogen) atoms. The average molecular weight is 495 g/mol. The number of fused-ring (bicyclic) bond motifs is 1. The number of halogens is 1. The van der Waals surface area contributed by atoms with Crippen molar-refractivity contribution >= 4 is 39.2 Å². The van der Waals surface area contributed by atoms with Gasteiger partial charge in [-0.3, -0.25) is 4.79 Å². The molecule has 2 aromatic carbocycles. The number of nitrogens with one attached hydrogen (secondary N) is 1. The zero-order valence-electron chi connectivity index (χ0n) is 17.9. The van der Waals surface area contributed by atoms with E-state index < -0.39 is 28.0 Å². The van der Waals surface area contributed by atoms with Gasteiger partial charge in [0.2, 0.25) is 10.0 Å². The molecule has 4 rings (SSSR count). The first kappa shape index (κ1) is 23.3. The Kier molecular flexibility index (Phi) is 6.78. The minimum Gasteiger partial charge on any atom is -0.486 e. The molecule has 1 amide bonds. The van der Waals surface area contributed by atoms with Crippen molar-refractivity contribution in [3.63, 3.8) is 0 Å². The van der Waals surface area contributed by atoms with Crippen molar-refractivity contribution in [2.24, 2.45) is 0 Å². The second kappa shape index (κ2) is 9.58. The average Bonchev–Trinajstić information content (AvgIpc) is 3.35. The van der Waals surface area contributed by atoms with E-state index in [9.17, 15) is 18.0 Å². The summed E-state index contributed by atoms with van der Waals surface area (Å²) in [4.78, 5) is 25.2. The molecule has 1 saturated heterocycles. The lowest BCUT2D eigenvalue weighted by molar-refractivity contribution is -0.123. The number of benzene rings is 2. The Morgan fingerprint density at radius 1 is 1.06 bits per heavy atom. The van der Waals surface area contributed by atoms with Gasteiger partial charge < -0.3 is 19.5 Å². The molecule has 0 aromatic heterocycles. The standard InChI is InChI=1S/C22H23ClN2O7S/c1-14(21(26)24-15-4-7-19-20(12-15)31-11-10-30-19)32-22(27)17-13-16(5-6-18(17)23)33(28,29)25-8-2-3-9-25/h4-7,12-14H,2-3,8-11H2,1H3,(H,24,26). The molecule has 9 nitrogen and oxygen atoms in total. The quantitative estimate of drug-likeness (QED) is 0.614. The van der Waals surface area contributed by atoms with E-state index in [1.165, 1.54) is 29.4 Å². The fraction of sp³-hybridized carbons (Fsp3) is 0.364. The minimum absolute atomic E-state index is 0.0276. The van der Waals surface area contributed by atoms with E-state index in [2.05, 4.69) is 5.32 Å². The van der Waals surface area contributed by atoms with Gasteiger partial charge in [0.1, 0.15) is 13.2 Å². The van der Waals surface area contributed by atoms with E-state index in [0.717, 1.165) is 12.8 Å². The number of hydrogen-bond donors (Lipinski definition) is 1. The van der Waals surface area contributed by atoms with Crippen LogP contribution in [-0.4, -0.2) is 57.0 Å². The number of sulfonamides is 1. The van der Waals surface area contributed by atoms with Gasteiger partial charge in [-0.15, -0.1) is 0 Å². The highest BCUT2D eigenvalue weighted by Gasteiger charge is 2.29. The van der Waals surface area contributed by atoms with E-state index in [1.807, 2.05) is 0 Å². The van der Waals surface area contributed by atoms with E-state index in [0.29, 0.717) is 43.5 Å². The zero-order valence-corrected chi connectivity index (χ0v) is 19.4. The lowest BCUT2D eigenvalue weighted by Gasteiger charge is -2.20. The van der Waals surface area contributed by atoms with Gasteiger partial charge in [0.05, 0.1) is 15.5 Å². The molecule has 2 aromatic rings. The summed E-state index contributed by atoms with van der Waals surface area (Å²) in [5.41, 5.74) is 0.319. The summed E-state index contributed by atoms with van der Waals surface area (Å²) in [5, 5.41) is 2.68. The third kappa shape index (κ3) is 5.07. The highest BCUT2D eigenvalue weighted by molar-refractivity contribution is 7.89. The molecule has 2 heterocycles. The number of carbonyl (C=O) groups is 2. The monoisotopic (exact) mass is 494 g/mol. The normalized spacial score (nSPS) is 16.8. The molecule has 0 aliphatic carbocycles. The topological polar surface area (TPSA) is 111 Å². The van der Waals surface area contributed by atoms with E-state index in [1.54, 1.807) is 18.2 Å². The Balaban J connectivity index is 1.44. The summed E-state index contributed by atoms with van der Waals surface area (Å²) >= 11 is 6.13. The van der Waals surface area contributed by atoms with E-state index in [4.69, 9.17) is 25.8 Å². The molecule has 176 valence electrons. The van der Waals surface area contributed by atoms with Crippen LogP contribution in [0.1, 0.15) is 30.1 Å². The second-order valence-corrected chi connectivity index (χ2v) is 9.99. The fourth-order valence-corrected chi connectivity index (χ4v) is 5.28. The Morgan fingerprint density at radius 3 is 2.48 bits per heavy atom. The summed E-state index contributed by atoms with van der Waals surface area (Å²) in [6.45, 7) is 3.13. The molecule has 0 saturated carbocycles. The summed E-state index contributed by atoms with van der Waals surface area (Å²) < 4.78 is 43.2. The highest BCUT2D eigenvalue weighted by atomic mass is 35.5. The Bertz CT molecular complexity index is 1180. The van der Waals surface area contributed by atoms with Crippen LogP contribution in [0.25, 0.3) is 0 Å². The van der Waals surface area contributed by atoms with Crippen molar-refractivity contribution in [1.82, 2.24) is 4.31 Å². The van der Waals surface area contributed by atoms with E-state index in [-0.39, 0.29) is 15.5 Å². The predicted molar refractivity (Wildman–Crippen MR) is 120 cm³/mol. The lowest BCUT2D eigenvalue weighted by Crippen LogP contribution is -2.30. The minimum atomic E-state index is -3.74. The van der Waals surface area contributed by atoms with Crippen molar-refractivity contribution in [3.8, 4) is 11.5 Å². The van der Waals surface area contributed by atoms with Crippen LogP contribution in [0.15, 0.2) is 41.3 Å². The molecule has 0 radical (unpaired) electrons. The molecule has 1 N–H and O–H groups in total. The summed E-state index contributed by atoms with van der Waals surface area (Å²) in [6.07, 6.45) is 0.413. The molecule has 1 atom stereocenters. The van der Waals surface area contributed by atoms with Crippen molar-refractivity contribution in [2.75, 3.05) is 31.6 Å². The van der Waals surface area contributed by atoms with Crippen LogP contribution in [0.2, 0.25) is 5.02 Å². The number of carbonyl (C=O) groups excluding carboxylic acids is 2. The van der Waals surface area contributed by atoms with Gasteiger partial charge in [-0.1, -0.05) is 11.6 Å². The van der Waals surface area contributed by atoms with Gasteiger partial charge >= 0.3 is 5.97 Å². The van der Waals surface area contributed by atoms with Crippen molar-refractivity contribution in [3.05, 3.63) is 47.0 Å². The Hall–Kier alpha value is -2.82. The van der Waals surface area contributed by atoms with Crippen molar-refractivity contribution in [1.29, 1.82) is 0 Å². The van der Waals surface area contributed by atoms with Gasteiger partial charge in [0.15, 0.2) is 17.6 Å². The smallest absolute Gasteiger partial charge is 0.340 e. The Morgan fingerprint density at radius 2 is 1.76 bits per heavy atom. The van der Waals surface area contributed by atoms with Crippen LogP contribution >= 0.6 is 11.6 Å². The number of anilines is 1. The molecule has 11 heteroatoms. The van der Waals surface area contributed by atoms with E-state index >= 15 is 0 Å². The first-order valence-electron chi connectivity index (χ1n) is 10.5. The predicted octanol–water partition coefficient (Wildman–Crippen LogP) is 3.08. The fourth-order valence-electron chi connectivity index (χ4n) is 3.54. The van der Waals surface area contributed by atoms with Gasteiger partial charge in [-0.2, -0.15) is 4.31 Å². The van der Waals surface area contributed by atoms with Crippen LogP contribution in [0.3, 0.4) is 0 Å². The molecule has 2 aliphatic heterocycles. The Labute approximate surface area is 196 Å². The maximum absolute atomic E-state index is 12.8. The largest absolute Gasteiger partial charge is 0.486 e. The summed E-state index contributed by atoms with van der Waals surface area (Å²) in [6, 6.07) is 8.80. The molecule has 1 unspecified atom stereocenters. The van der Waals surface area contributed by atoms with Crippen LogP contribution in [0.4, 0.5) is 5.69 Å². The molecular formula is C22H23ClN2O7S. The number of hydrogen-bond acceptors (Lipinski definition) is 7. The van der Waals surface area contributed by atoms with Gasteiger partial charge in [0.25, 0.3) is 5.91 Å². The van der Waals surface area contributed by atoms with Crippen molar-refractivity contribution in [2.45, 2.75) is 30.8 Å². The number of esters is 1. The molecular weight excluding hydrogens is 472 g/mol. The molecule has 2 aliphatic rings. The number of nitrogens with zero attached hydrogens (tertiary/aromatic N) is 1. The van der Waals surface area contributed by atoms with Gasteiger partial charge in [-0.25, -0.2) is 13.2 Å². The summed E-state index contributed by atoms with van der Waals surface area (Å²) in [5.74, 6) is -0.385. The third-order valence-corrected chi connectivity index (χ3v) is 7.55. The van der Waals surface area contributed by atoms with Crippen LogP contribution in [0.5, 0.6) is 11.5 Å². The second-order valence-electron chi connectivity index (χ2n) is 7.65. The van der Waals surface area contributed by atoms with Gasteiger partial charge in [0, 0.05) is 24.8 Å². The van der Waals surface area contributed by atoms with Gasteiger partial charge in [-0.05, 0) is 50.1 Å². The maximum atomic E-state index is 12.8. The first-order chi connectivity index (χ1) is 15.8. The third-order valence-electron chi connectivity index (χ3n) is 5.32. The first-order valence-corrected chi connectivity index (χ1v) is 12.3. The lowest BCUT2D eigenvalue weighted by atomic mass is 10.2.